The largest absolute Gasteiger partial charge is 0.461 e. The van der Waals surface area contributed by atoms with Crippen molar-refractivity contribution in [3.63, 3.8) is 0 Å². The van der Waals surface area contributed by atoms with E-state index in [1.165, 1.54) is 11.3 Å². The van der Waals surface area contributed by atoms with E-state index in [0.29, 0.717) is 23.5 Å². The van der Waals surface area contributed by atoms with E-state index in [-0.39, 0.29) is 5.97 Å². The number of hydrogen-bond acceptors (Lipinski definition) is 6. The van der Waals surface area contributed by atoms with Gasteiger partial charge in [-0.15, -0.1) is 11.3 Å². The Morgan fingerprint density at radius 1 is 1.55 bits per heavy atom. The average Bonchev–Trinajstić information content (AvgIpc) is 2.97. The molecule has 0 unspecified atom stereocenters. The second-order valence-electron chi connectivity index (χ2n) is 4.57. The van der Waals surface area contributed by atoms with E-state index < -0.39 is 0 Å². The first-order valence-corrected chi connectivity index (χ1v) is 7.28. The van der Waals surface area contributed by atoms with Gasteiger partial charge in [-0.25, -0.2) is 9.78 Å². The van der Waals surface area contributed by atoms with Crippen molar-refractivity contribution in [2.45, 2.75) is 33.7 Å². The van der Waals surface area contributed by atoms with E-state index in [0.717, 1.165) is 10.6 Å². The molecule has 20 heavy (non-hydrogen) atoms. The number of carbonyl (C=O) groups excluding carboxylic acids is 1. The van der Waals surface area contributed by atoms with Gasteiger partial charge in [0.15, 0.2) is 10.8 Å². The molecule has 0 aliphatic rings. The Kier molecular flexibility index (Phi) is 4.39. The Hall–Kier alpha value is -1.89. The molecular weight excluding hydrogens is 276 g/mol. The summed E-state index contributed by atoms with van der Waals surface area (Å²) in [5, 5.41) is 8.06. The monoisotopic (exact) mass is 294 g/mol. The molecular formula is C13H18N4O2S. The fourth-order valence-corrected chi connectivity index (χ4v) is 2.47. The van der Waals surface area contributed by atoms with Crippen molar-refractivity contribution in [2.75, 3.05) is 11.9 Å². The van der Waals surface area contributed by atoms with Gasteiger partial charge < -0.3 is 10.1 Å². The molecule has 0 aromatic carbocycles. The molecule has 108 valence electrons. The van der Waals surface area contributed by atoms with Crippen LogP contribution in [-0.4, -0.2) is 27.3 Å². The fourth-order valence-electron chi connectivity index (χ4n) is 1.65. The lowest BCUT2D eigenvalue weighted by Crippen LogP contribution is -2.06. The van der Waals surface area contributed by atoms with Gasteiger partial charge in [0.2, 0.25) is 0 Å². The summed E-state index contributed by atoms with van der Waals surface area (Å²) >= 11 is 1.42. The van der Waals surface area contributed by atoms with Gasteiger partial charge in [0.25, 0.3) is 0 Å². The van der Waals surface area contributed by atoms with Crippen LogP contribution in [0.25, 0.3) is 0 Å². The first-order chi connectivity index (χ1) is 9.51. The van der Waals surface area contributed by atoms with Crippen molar-refractivity contribution in [3.05, 3.63) is 23.0 Å². The van der Waals surface area contributed by atoms with E-state index in [2.05, 4.69) is 29.2 Å². The molecule has 7 heteroatoms. The van der Waals surface area contributed by atoms with Crippen LogP contribution in [0.4, 0.5) is 10.8 Å². The molecule has 0 radical (unpaired) electrons. The van der Waals surface area contributed by atoms with Gasteiger partial charge in [0, 0.05) is 17.1 Å². The van der Waals surface area contributed by atoms with Crippen molar-refractivity contribution in [1.29, 1.82) is 0 Å². The molecule has 2 aromatic rings. The van der Waals surface area contributed by atoms with Crippen molar-refractivity contribution in [1.82, 2.24) is 14.8 Å². The van der Waals surface area contributed by atoms with Crippen LogP contribution in [0.15, 0.2) is 12.4 Å². The highest BCUT2D eigenvalue weighted by Gasteiger charge is 2.16. The molecule has 0 aliphatic heterocycles. The lowest BCUT2D eigenvalue weighted by Gasteiger charge is -2.03. The Bertz CT molecular complexity index is 603. The zero-order valence-electron chi connectivity index (χ0n) is 12.0. The summed E-state index contributed by atoms with van der Waals surface area (Å²) in [5.41, 5.74) is 1.22. The second kappa shape index (κ2) is 6.04. The topological polar surface area (TPSA) is 69.0 Å². The number of thiazole rings is 1. The molecule has 1 N–H and O–H groups in total. The van der Waals surface area contributed by atoms with Crippen LogP contribution in [0, 0.1) is 6.92 Å². The van der Waals surface area contributed by atoms with Crippen LogP contribution in [0.5, 0.6) is 0 Å². The number of aryl methyl sites for hydroxylation is 1. The standard InChI is InChI=1S/C13H18N4O2S/c1-5-19-12(18)11-9(4)20-13(16-11)15-10-6-14-17(7-10)8(2)3/h6-8H,5H2,1-4H3,(H,15,16). The lowest BCUT2D eigenvalue weighted by atomic mass is 10.4. The van der Waals surface area contributed by atoms with Crippen molar-refractivity contribution < 1.29 is 9.53 Å². The smallest absolute Gasteiger partial charge is 0.358 e. The van der Waals surface area contributed by atoms with Crippen molar-refractivity contribution in [3.8, 4) is 0 Å². The zero-order valence-corrected chi connectivity index (χ0v) is 12.8. The predicted molar refractivity (Wildman–Crippen MR) is 78.7 cm³/mol. The highest BCUT2D eigenvalue weighted by molar-refractivity contribution is 7.15. The molecule has 6 nitrogen and oxygen atoms in total. The third kappa shape index (κ3) is 3.16. The minimum atomic E-state index is -0.382. The van der Waals surface area contributed by atoms with Crippen LogP contribution >= 0.6 is 11.3 Å². The zero-order chi connectivity index (χ0) is 14.7. The van der Waals surface area contributed by atoms with Crippen LogP contribution in [-0.2, 0) is 4.74 Å². The first kappa shape index (κ1) is 14.5. The average molecular weight is 294 g/mol. The lowest BCUT2D eigenvalue weighted by molar-refractivity contribution is 0.0519. The van der Waals surface area contributed by atoms with Gasteiger partial charge in [-0.3, -0.25) is 4.68 Å². The van der Waals surface area contributed by atoms with E-state index in [4.69, 9.17) is 4.74 Å². The minimum absolute atomic E-state index is 0.304. The maximum Gasteiger partial charge on any atom is 0.358 e. The van der Waals surface area contributed by atoms with Crippen LogP contribution in [0.2, 0.25) is 0 Å². The molecule has 0 saturated carbocycles. The van der Waals surface area contributed by atoms with Gasteiger partial charge in [-0.2, -0.15) is 5.10 Å². The van der Waals surface area contributed by atoms with E-state index in [1.807, 2.05) is 17.8 Å². The number of carbonyl (C=O) groups is 1. The summed E-state index contributed by atoms with van der Waals surface area (Å²) in [7, 11) is 0. The normalized spacial score (nSPS) is 10.8. The molecule has 0 bridgehead atoms. The molecule has 0 amide bonds. The van der Waals surface area contributed by atoms with Gasteiger partial charge in [-0.05, 0) is 27.7 Å². The van der Waals surface area contributed by atoms with Crippen LogP contribution in [0.3, 0.4) is 0 Å². The summed E-state index contributed by atoms with van der Waals surface area (Å²) in [6, 6.07) is 0.304. The second-order valence-corrected chi connectivity index (χ2v) is 5.78. The van der Waals surface area contributed by atoms with Crippen molar-refractivity contribution >= 4 is 28.1 Å². The number of nitrogens with zero attached hydrogens (tertiary/aromatic N) is 3. The SMILES string of the molecule is CCOC(=O)c1nc(Nc2cnn(C(C)C)c2)sc1C. The molecule has 0 aliphatic carbocycles. The highest BCUT2D eigenvalue weighted by Crippen LogP contribution is 2.26. The van der Waals surface area contributed by atoms with Gasteiger partial charge in [-0.1, -0.05) is 0 Å². The Morgan fingerprint density at radius 3 is 2.90 bits per heavy atom. The Labute approximate surface area is 121 Å². The van der Waals surface area contributed by atoms with E-state index >= 15 is 0 Å². The summed E-state index contributed by atoms with van der Waals surface area (Å²) in [6.07, 6.45) is 3.65. The molecule has 0 saturated heterocycles. The third-order valence-electron chi connectivity index (χ3n) is 2.65. The number of hydrogen-bond donors (Lipinski definition) is 1. The van der Waals surface area contributed by atoms with E-state index in [1.54, 1.807) is 13.1 Å². The highest BCUT2D eigenvalue weighted by atomic mass is 32.1. The maximum absolute atomic E-state index is 11.7. The van der Waals surface area contributed by atoms with Crippen LogP contribution in [0.1, 0.15) is 42.2 Å². The number of anilines is 2. The number of nitrogens with one attached hydrogen (secondary N) is 1. The Balaban J connectivity index is 2.13. The van der Waals surface area contributed by atoms with Gasteiger partial charge in [0.1, 0.15) is 0 Å². The van der Waals surface area contributed by atoms with Gasteiger partial charge >= 0.3 is 5.97 Å². The number of rotatable bonds is 5. The van der Waals surface area contributed by atoms with Crippen LogP contribution < -0.4 is 5.32 Å². The third-order valence-corrected chi connectivity index (χ3v) is 3.53. The number of esters is 1. The summed E-state index contributed by atoms with van der Waals surface area (Å²) in [5.74, 6) is -0.382. The van der Waals surface area contributed by atoms with Gasteiger partial charge in [0.05, 0.1) is 18.5 Å². The summed E-state index contributed by atoms with van der Waals surface area (Å²) in [4.78, 5) is 16.8. The first-order valence-electron chi connectivity index (χ1n) is 6.47. The molecule has 2 aromatic heterocycles. The summed E-state index contributed by atoms with van der Waals surface area (Å²) < 4.78 is 6.83. The fraction of sp³-hybridized carbons (Fsp3) is 0.462. The molecule has 2 rings (SSSR count). The summed E-state index contributed by atoms with van der Waals surface area (Å²) in [6.45, 7) is 8.10. The molecule has 2 heterocycles. The minimum Gasteiger partial charge on any atom is -0.461 e. The maximum atomic E-state index is 11.7. The molecule has 0 fully saturated rings. The Morgan fingerprint density at radius 2 is 2.30 bits per heavy atom. The quantitative estimate of drug-likeness (QED) is 0.858. The van der Waals surface area contributed by atoms with Crippen molar-refractivity contribution in [2.24, 2.45) is 0 Å². The predicted octanol–water partition coefficient (Wildman–Crippen LogP) is 3.15. The number of aromatic nitrogens is 3. The number of ether oxygens (including phenoxy) is 1. The molecule has 0 spiro atoms. The molecule has 0 atom stereocenters. The van der Waals surface area contributed by atoms with E-state index in [9.17, 15) is 4.79 Å².